The summed E-state index contributed by atoms with van der Waals surface area (Å²) in [5.41, 5.74) is 1.13. The Balaban J connectivity index is 1.07. The van der Waals surface area contributed by atoms with E-state index in [2.05, 4.69) is 19.1 Å². The summed E-state index contributed by atoms with van der Waals surface area (Å²) in [6.45, 7) is 2.68. The minimum atomic E-state index is -0.210. The summed E-state index contributed by atoms with van der Waals surface area (Å²) < 4.78 is 11.3. The number of Topliss-reactive ketones (excluding diaryl/α,β-unsaturated/α-hetero) is 1. The van der Waals surface area contributed by atoms with E-state index >= 15 is 0 Å². The fraction of sp³-hybridized carbons (Fsp3) is 0.414. The SMILES string of the molecule is CCCCOc1ccc(C(=O)COc2ccc(N3C(=O)[C@@H]4[C@@H]5C=C[C@@H]([C@H]6C[C@@H]56)[C@@H]4C3=O)cc2)cc1. The van der Waals surface area contributed by atoms with Crippen molar-refractivity contribution in [3.63, 3.8) is 0 Å². The smallest absolute Gasteiger partial charge is 0.238 e. The number of carbonyl (C=O) groups excluding carboxylic acids is 3. The summed E-state index contributed by atoms with van der Waals surface area (Å²) in [7, 11) is 0. The predicted molar refractivity (Wildman–Crippen MR) is 130 cm³/mol. The molecular weight excluding hydrogens is 442 g/mol. The highest BCUT2D eigenvalue weighted by Gasteiger charge is 2.67. The number of unbranched alkanes of at least 4 members (excludes halogenated alkanes) is 1. The number of amides is 2. The minimum Gasteiger partial charge on any atom is -0.494 e. The van der Waals surface area contributed by atoms with Gasteiger partial charge >= 0.3 is 0 Å². The van der Waals surface area contributed by atoms with Crippen LogP contribution < -0.4 is 14.4 Å². The Morgan fingerprint density at radius 1 is 0.857 bits per heavy atom. The van der Waals surface area contributed by atoms with Crippen LogP contribution in [0.3, 0.4) is 0 Å². The van der Waals surface area contributed by atoms with Crippen molar-refractivity contribution < 1.29 is 23.9 Å². The fourth-order valence-corrected chi connectivity index (χ4v) is 6.21. The third-order valence-corrected chi connectivity index (χ3v) is 8.07. The second kappa shape index (κ2) is 8.67. The van der Waals surface area contributed by atoms with Crippen molar-refractivity contribution in [3.05, 3.63) is 66.2 Å². The number of ether oxygens (including phenoxy) is 2. The van der Waals surface area contributed by atoms with Crippen LogP contribution in [0.25, 0.3) is 0 Å². The standard InChI is InChI=1S/C29H29NO5/c1-2-3-14-34-19-8-4-17(5-9-19)25(31)16-35-20-10-6-18(7-11-20)30-28(32)26-21-12-13-22(24-15-23(21)24)27(26)29(30)33/h4-13,21-24,26-27H,2-3,14-16H2,1H3/t21-,22+,23+,24-,26-,27+. The molecule has 3 fully saturated rings. The molecule has 2 saturated carbocycles. The number of hydrogen-bond acceptors (Lipinski definition) is 5. The number of anilines is 1. The van der Waals surface area contributed by atoms with Crippen molar-refractivity contribution in [3.8, 4) is 11.5 Å². The molecule has 7 rings (SSSR count). The van der Waals surface area contributed by atoms with E-state index in [4.69, 9.17) is 9.47 Å². The molecule has 6 nitrogen and oxygen atoms in total. The first kappa shape index (κ1) is 22.1. The average Bonchev–Trinajstić information content (AvgIpc) is 3.67. The molecule has 2 aromatic carbocycles. The lowest BCUT2D eigenvalue weighted by atomic mass is 9.63. The Morgan fingerprint density at radius 2 is 1.43 bits per heavy atom. The first-order valence-corrected chi connectivity index (χ1v) is 12.6. The molecule has 6 heteroatoms. The summed E-state index contributed by atoms with van der Waals surface area (Å²) in [6, 6.07) is 13.9. The number of imide groups is 1. The van der Waals surface area contributed by atoms with Crippen LogP contribution in [0.4, 0.5) is 5.69 Å². The van der Waals surface area contributed by atoms with Crippen molar-refractivity contribution >= 4 is 23.3 Å². The van der Waals surface area contributed by atoms with E-state index in [1.807, 2.05) is 0 Å². The third kappa shape index (κ3) is 3.76. The molecule has 1 saturated heterocycles. The normalized spacial score (nSPS) is 29.7. The summed E-state index contributed by atoms with van der Waals surface area (Å²) in [5.74, 6) is 2.15. The summed E-state index contributed by atoms with van der Waals surface area (Å²) in [6.07, 6.45) is 7.57. The van der Waals surface area contributed by atoms with E-state index in [0.29, 0.717) is 35.4 Å². The number of rotatable bonds is 9. The van der Waals surface area contributed by atoms with Gasteiger partial charge in [-0.1, -0.05) is 25.5 Å². The molecule has 0 aromatic heterocycles. The largest absolute Gasteiger partial charge is 0.494 e. The molecule has 0 spiro atoms. The molecule has 35 heavy (non-hydrogen) atoms. The minimum absolute atomic E-state index is 0.0735. The molecule has 4 aliphatic carbocycles. The number of hydrogen-bond donors (Lipinski definition) is 0. The van der Waals surface area contributed by atoms with Gasteiger partial charge in [0.25, 0.3) is 0 Å². The van der Waals surface area contributed by atoms with Gasteiger partial charge in [0, 0.05) is 5.56 Å². The second-order valence-corrected chi connectivity index (χ2v) is 10.1. The Hall–Kier alpha value is -3.41. The van der Waals surface area contributed by atoms with Gasteiger partial charge in [0.1, 0.15) is 11.5 Å². The van der Waals surface area contributed by atoms with Gasteiger partial charge in [-0.25, -0.2) is 0 Å². The fourth-order valence-electron chi connectivity index (χ4n) is 6.21. The van der Waals surface area contributed by atoms with E-state index < -0.39 is 0 Å². The number of allylic oxidation sites excluding steroid dienone is 2. The lowest BCUT2D eigenvalue weighted by Gasteiger charge is -2.37. The maximum absolute atomic E-state index is 13.2. The molecular formula is C29H29NO5. The number of benzene rings is 2. The highest BCUT2D eigenvalue weighted by Crippen LogP contribution is 2.65. The van der Waals surface area contributed by atoms with Gasteiger partial charge in [-0.15, -0.1) is 0 Å². The van der Waals surface area contributed by atoms with E-state index in [1.54, 1.807) is 48.5 Å². The molecule has 0 N–H and O–H groups in total. The Morgan fingerprint density at radius 3 is 2.03 bits per heavy atom. The van der Waals surface area contributed by atoms with Crippen molar-refractivity contribution in [2.75, 3.05) is 18.1 Å². The van der Waals surface area contributed by atoms with E-state index in [0.717, 1.165) is 25.0 Å². The first-order valence-electron chi connectivity index (χ1n) is 12.6. The Bertz CT molecular complexity index is 1150. The lowest BCUT2D eigenvalue weighted by molar-refractivity contribution is -0.124. The van der Waals surface area contributed by atoms with Crippen LogP contribution in [-0.2, 0) is 9.59 Å². The third-order valence-electron chi connectivity index (χ3n) is 8.07. The van der Waals surface area contributed by atoms with Crippen molar-refractivity contribution in [1.82, 2.24) is 0 Å². The zero-order valence-electron chi connectivity index (χ0n) is 19.8. The van der Waals surface area contributed by atoms with Gasteiger partial charge in [-0.2, -0.15) is 0 Å². The quantitative estimate of drug-likeness (QED) is 0.230. The highest BCUT2D eigenvalue weighted by atomic mass is 16.5. The first-order chi connectivity index (χ1) is 17.1. The molecule has 2 amide bonds. The molecule has 180 valence electrons. The molecule has 1 aliphatic heterocycles. The zero-order chi connectivity index (χ0) is 24.1. The highest BCUT2D eigenvalue weighted by molar-refractivity contribution is 6.22. The molecule has 2 aromatic rings. The van der Waals surface area contributed by atoms with Crippen molar-refractivity contribution in [2.24, 2.45) is 35.5 Å². The Kier molecular flexibility index (Phi) is 5.47. The lowest BCUT2D eigenvalue weighted by Crippen LogP contribution is -2.40. The molecule has 1 heterocycles. The number of carbonyl (C=O) groups is 3. The summed E-state index contributed by atoms with van der Waals surface area (Å²) in [4.78, 5) is 40.4. The van der Waals surface area contributed by atoms with Crippen LogP contribution in [-0.4, -0.2) is 30.8 Å². The topological polar surface area (TPSA) is 72.9 Å². The maximum atomic E-state index is 13.2. The van der Waals surface area contributed by atoms with E-state index in [1.165, 1.54) is 4.90 Å². The van der Waals surface area contributed by atoms with Gasteiger partial charge in [0.05, 0.1) is 24.1 Å². The molecule has 5 aliphatic rings. The molecule has 6 atom stereocenters. The van der Waals surface area contributed by atoms with Crippen LogP contribution in [0, 0.1) is 35.5 Å². The van der Waals surface area contributed by atoms with Crippen LogP contribution >= 0.6 is 0 Å². The van der Waals surface area contributed by atoms with Gasteiger partial charge in [0.2, 0.25) is 11.8 Å². The van der Waals surface area contributed by atoms with Crippen molar-refractivity contribution in [2.45, 2.75) is 26.2 Å². The van der Waals surface area contributed by atoms with Gasteiger partial charge in [-0.3, -0.25) is 19.3 Å². The maximum Gasteiger partial charge on any atom is 0.238 e. The van der Waals surface area contributed by atoms with Gasteiger partial charge < -0.3 is 9.47 Å². The zero-order valence-corrected chi connectivity index (χ0v) is 19.8. The van der Waals surface area contributed by atoms with Crippen molar-refractivity contribution in [1.29, 1.82) is 0 Å². The molecule has 0 unspecified atom stereocenters. The molecule has 2 bridgehead atoms. The Labute approximate surface area is 204 Å². The van der Waals surface area contributed by atoms with Gasteiger partial charge in [0.15, 0.2) is 12.4 Å². The predicted octanol–water partition coefficient (Wildman–Crippen LogP) is 4.68. The average molecular weight is 472 g/mol. The van der Waals surface area contributed by atoms with Crippen LogP contribution in [0.1, 0.15) is 36.5 Å². The van der Waals surface area contributed by atoms with Crippen LogP contribution in [0.2, 0.25) is 0 Å². The second-order valence-electron chi connectivity index (χ2n) is 10.1. The van der Waals surface area contributed by atoms with Crippen LogP contribution in [0.15, 0.2) is 60.7 Å². The summed E-state index contributed by atoms with van der Waals surface area (Å²) in [5, 5.41) is 0. The van der Waals surface area contributed by atoms with Gasteiger partial charge in [-0.05, 0) is 85.0 Å². The van der Waals surface area contributed by atoms with E-state index in [-0.39, 0.29) is 47.9 Å². The van der Waals surface area contributed by atoms with Crippen LogP contribution in [0.5, 0.6) is 11.5 Å². The van der Waals surface area contributed by atoms with E-state index in [9.17, 15) is 14.4 Å². The monoisotopic (exact) mass is 471 g/mol. The molecule has 0 radical (unpaired) electrons. The number of nitrogens with zero attached hydrogens (tertiary/aromatic N) is 1. The summed E-state index contributed by atoms with van der Waals surface area (Å²) >= 11 is 0. The number of ketones is 1.